The summed E-state index contributed by atoms with van der Waals surface area (Å²) in [4.78, 5) is 11.6. The summed E-state index contributed by atoms with van der Waals surface area (Å²) in [6.45, 7) is 6.42. The molecule has 0 fully saturated rings. The molecule has 1 aromatic rings. The van der Waals surface area contributed by atoms with Crippen LogP contribution < -0.4 is 4.72 Å². The molecule has 1 aromatic carbocycles. The lowest BCUT2D eigenvalue weighted by Crippen LogP contribution is -2.50. The van der Waals surface area contributed by atoms with Crippen LogP contribution in [0.15, 0.2) is 29.2 Å². The first-order chi connectivity index (χ1) is 9.10. The molecule has 6 heteroatoms. The van der Waals surface area contributed by atoms with Crippen molar-refractivity contribution in [2.45, 2.75) is 50.7 Å². The summed E-state index contributed by atoms with van der Waals surface area (Å²) < 4.78 is 27.0. The van der Waals surface area contributed by atoms with Crippen LogP contribution in [0, 0.1) is 0 Å². The zero-order valence-corrected chi connectivity index (χ0v) is 13.0. The van der Waals surface area contributed by atoms with Crippen LogP contribution in [0.3, 0.4) is 0 Å². The number of hydrogen-bond acceptors (Lipinski definition) is 4. The summed E-state index contributed by atoms with van der Waals surface area (Å²) in [6, 6.07) is 5.90. The van der Waals surface area contributed by atoms with Crippen molar-refractivity contribution in [3.8, 4) is 0 Å². The van der Waals surface area contributed by atoms with E-state index in [1.54, 1.807) is 26.8 Å². The summed E-state index contributed by atoms with van der Waals surface area (Å²) >= 11 is 0. The van der Waals surface area contributed by atoms with Gasteiger partial charge in [-0.25, -0.2) is 13.1 Å². The van der Waals surface area contributed by atoms with Crippen molar-refractivity contribution < 1.29 is 18.3 Å². The molecule has 0 spiro atoms. The van der Waals surface area contributed by atoms with Crippen LogP contribution in [0.1, 0.15) is 44.5 Å². The average Bonchev–Trinajstić information content (AvgIpc) is 2.36. The predicted molar refractivity (Wildman–Crippen MR) is 77.1 cm³/mol. The molecule has 112 valence electrons. The Morgan fingerprint density at radius 2 is 2.00 bits per heavy atom. The van der Waals surface area contributed by atoms with Gasteiger partial charge in [-0.2, -0.15) is 0 Å². The van der Waals surface area contributed by atoms with Crippen LogP contribution in [0.25, 0.3) is 0 Å². The molecule has 1 rings (SSSR count). The standard InChI is InChI=1S/C14H21NO4S/c1-5-13(17)11-7-6-8-12(9-11)20(18,19)15-14(3,4)10(2)16/h6-10,15-16H,5H2,1-4H3. The summed E-state index contributed by atoms with van der Waals surface area (Å²) in [5.41, 5.74) is -0.630. The van der Waals surface area contributed by atoms with Crippen LogP contribution >= 0.6 is 0 Å². The largest absolute Gasteiger partial charge is 0.391 e. The number of nitrogens with one attached hydrogen (secondary N) is 1. The van der Waals surface area contributed by atoms with Gasteiger partial charge in [-0.15, -0.1) is 0 Å². The Hall–Kier alpha value is -1.24. The molecule has 1 atom stereocenters. The number of Topliss-reactive ketones (excluding diaryl/α,β-unsaturated/α-hetero) is 1. The minimum atomic E-state index is -3.79. The van der Waals surface area contributed by atoms with Gasteiger partial charge in [-0.3, -0.25) is 4.79 Å². The van der Waals surface area contributed by atoms with E-state index in [0.29, 0.717) is 12.0 Å². The van der Waals surface area contributed by atoms with Crippen molar-refractivity contribution in [3.05, 3.63) is 29.8 Å². The Labute approximate surface area is 120 Å². The number of hydrogen-bond donors (Lipinski definition) is 2. The molecule has 0 aliphatic heterocycles. The Bertz CT molecular complexity index is 591. The van der Waals surface area contributed by atoms with E-state index in [-0.39, 0.29) is 10.7 Å². The van der Waals surface area contributed by atoms with E-state index < -0.39 is 21.7 Å². The highest BCUT2D eigenvalue weighted by Gasteiger charge is 2.30. The van der Waals surface area contributed by atoms with E-state index in [9.17, 15) is 18.3 Å². The quantitative estimate of drug-likeness (QED) is 0.783. The fourth-order valence-electron chi connectivity index (χ4n) is 1.53. The first-order valence-electron chi connectivity index (χ1n) is 6.45. The highest BCUT2D eigenvalue weighted by Crippen LogP contribution is 2.17. The van der Waals surface area contributed by atoms with Gasteiger partial charge >= 0.3 is 0 Å². The van der Waals surface area contributed by atoms with Crippen molar-refractivity contribution in [1.29, 1.82) is 0 Å². The van der Waals surface area contributed by atoms with Crippen molar-refractivity contribution in [1.82, 2.24) is 4.72 Å². The Morgan fingerprint density at radius 1 is 1.40 bits per heavy atom. The molecular formula is C14H21NO4S. The third kappa shape index (κ3) is 3.88. The zero-order valence-electron chi connectivity index (χ0n) is 12.2. The number of ketones is 1. The first kappa shape index (κ1) is 16.8. The number of rotatable bonds is 6. The van der Waals surface area contributed by atoms with Gasteiger partial charge in [0.25, 0.3) is 0 Å². The van der Waals surface area contributed by atoms with Gasteiger partial charge in [0.2, 0.25) is 10.0 Å². The summed E-state index contributed by atoms with van der Waals surface area (Å²) in [5.74, 6) is -0.114. The molecule has 0 aromatic heterocycles. The molecule has 0 radical (unpaired) electrons. The van der Waals surface area contributed by atoms with Crippen LogP contribution in [0.4, 0.5) is 0 Å². The van der Waals surface area contributed by atoms with Gasteiger partial charge in [0.05, 0.1) is 16.5 Å². The maximum Gasteiger partial charge on any atom is 0.241 e. The van der Waals surface area contributed by atoms with Gasteiger partial charge in [0.1, 0.15) is 0 Å². The molecule has 0 bridgehead atoms. The SMILES string of the molecule is CCC(=O)c1cccc(S(=O)(=O)NC(C)(C)C(C)O)c1. The van der Waals surface area contributed by atoms with Crippen molar-refractivity contribution in [3.63, 3.8) is 0 Å². The topological polar surface area (TPSA) is 83.5 Å². The second-order valence-electron chi connectivity index (χ2n) is 5.31. The monoisotopic (exact) mass is 299 g/mol. The Kier molecular flexibility index (Phi) is 5.07. The molecule has 0 saturated heterocycles. The highest BCUT2D eigenvalue weighted by atomic mass is 32.2. The molecule has 1 unspecified atom stereocenters. The minimum absolute atomic E-state index is 0.0190. The zero-order chi connectivity index (χ0) is 15.6. The van der Waals surface area contributed by atoms with Crippen molar-refractivity contribution in [2.75, 3.05) is 0 Å². The number of carbonyl (C=O) groups excluding carboxylic acids is 1. The molecule has 2 N–H and O–H groups in total. The van der Waals surface area contributed by atoms with Gasteiger partial charge in [-0.05, 0) is 32.9 Å². The normalized spacial score (nSPS) is 14.1. The van der Waals surface area contributed by atoms with Crippen LogP contribution in [0.2, 0.25) is 0 Å². The van der Waals surface area contributed by atoms with Gasteiger partial charge in [-0.1, -0.05) is 19.1 Å². The van der Waals surface area contributed by atoms with E-state index in [1.165, 1.54) is 25.1 Å². The lowest BCUT2D eigenvalue weighted by Gasteiger charge is -2.28. The molecule has 0 aliphatic rings. The summed E-state index contributed by atoms with van der Waals surface area (Å²) in [5, 5.41) is 9.59. The molecule has 5 nitrogen and oxygen atoms in total. The summed E-state index contributed by atoms with van der Waals surface area (Å²) in [7, 11) is -3.79. The second-order valence-corrected chi connectivity index (χ2v) is 6.99. The predicted octanol–water partition coefficient (Wildman–Crippen LogP) is 1.72. The van der Waals surface area contributed by atoms with E-state index in [1.807, 2.05) is 0 Å². The van der Waals surface area contributed by atoms with Gasteiger partial charge in [0, 0.05) is 12.0 Å². The Balaban J connectivity index is 3.14. The molecule has 0 saturated carbocycles. The van der Waals surface area contributed by atoms with Gasteiger partial charge in [0.15, 0.2) is 5.78 Å². The average molecular weight is 299 g/mol. The molecule has 0 heterocycles. The van der Waals surface area contributed by atoms with E-state index in [2.05, 4.69) is 4.72 Å². The molecular weight excluding hydrogens is 278 g/mol. The molecule has 0 amide bonds. The van der Waals surface area contributed by atoms with Gasteiger partial charge < -0.3 is 5.11 Å². The maximum absolute atomic E-state index is 12.3. The van der Waals surface area contributed by atoms with E-state index >= 15 is 0 Å². The van der Waals surface area contributed by atoms with Crippen molar-refractivity contribution >= 4 is 15.8 Å². The fraction of sp³-hybridized carbons (Fsp3) is 0.500. The smallest absolute Gasteiger partial charge is 0.241 e. The number of carbonyl (C=O) groups is 1. The summed E-state index contributed by atoms with van der Waals surface area (Å²) in [6.07, 6.45) is -0.534. The maximum atomic E-state index is 12.3. The molecule has 0 aliphatic carbocycles. The number of sulfonamides is 1. The third-order valence-electron chi connectivity index (χ3n) is 3.23. The fourth-order valence-corrected chi connectivity index (χ4v) is 3.05. The first-order valence-corrected chi connectivity index (χ1v) is 7.94. The third-order valence-corrected chi connectivity index (χ3v) is 4.90. The Morgan fingerprint density at radius 3 is 2.50 bits per heavy atom. The number of aliphatic hydroxyl groups is 1. The highest BCUT2D eigenvalue weighted by molar-refractivity contribution is 7.89. The van der Waals surface area contributed by atoms with Crippen molar-refractivity contribution in [2.24, 2.45) is 0 Å². The van der Waals surface area contributed by atoms with E-state index in [4.69, 9.17) is 0 Å². The lowest BCUT2D eigenvalue weighted by molar-refractivity contribution is 0.0988. The lowest BCUT2D eigenvalue weighted by atomic mass is 10.0. The number of aliphatic hydroxyl groups excluding tert-OH is 1. The van der Waals surface area contributed by atoms with Crippen LogP contribution in [0.5, 0.6) is 0 Å². The molecule has 20 heavy (non-hydrogen) atoms. The number of benzene rings is 1. The second kappa shape index (κ2) is 6.03. The van der Waals surface area contributed by atoms with Crippen LogP contribution in [-0.2, 0) is 10.0 Å². The minimum Gasteiger partial charge on any atom is -0.391 e. The van der Waals surface area contributed by atoms with Crippen LogP contribution in [-0.4, -0.2) is 31.0 Å². The van der Waals surface area contributed by atoms with E-state index in [0.717, 1.165) is 0 Å².